The fourth-order valence-corrected chi connectivity index (χ4v) is 5.29. The molecule has 0 bridgehead atoms. The molecule has 0 spiro atoms. The second-order valence-electron chi connectivity index (χ2n) is 13.2. The smallest absolute Gasteiger partial charge is 0.408 e. The Morgan fingerprint density at radius 2 is 1.53 bits per heavy atom. The molecule has 2 unspecified atom stereocenters. The molecule has 0 saturated carbocycles. The van der Waals surface area contributed by atoms with Crippen molar-refractivity contribution in [2.75, 3.05) is 5.32 Å². The predicted octanol–water partition coefficient (Wildman–Crippen LogP) is 7.36. The van der Waals surface area contributed by atoms with E-state index in [0.29, 0.717) is 28.8 Å². The second-order valence-corrected chi connectivity index (χ2v) is 13.2. The van der Waals surface area contributed by atoms with Gasteiger partial charge in [-0.05, 0) is 99.3 Å². The molecule has 8 nitrogen and oxygen atoms in total. The number of nitrogens with one attached hydrogen (secondary N) is 2. The van der Waals surface area contributed by atoms with Crippen LogP contribution in [0.2, 0.25) is 0 Å². The molecule has 0 radical (unpaired) electrons. The van der Waals surface area contributed by atoms with Gasteiger partial charge < -0.3 is 25.4 Å². The summed E-state index contributed by atoms with van der Waals surface area (Å²) in [5, 5.41) is 17.7. The highest BCUT2D eigenvalue weighted by molar-refractivity contribution is 6.00. The monoisotopic (exact) mass is 633 g/mol. The summed E-state index contributed by atoms with van der Waals surface area (Å²) in [6, 6.07) is 24.7. The van der Waals surface area contributed by atoms with Crippen LogP contribution in [-0.2, 0) is 20.7 Å². The Balaban J connectivity index is 1.81. The first-order valence-electron chi connectivity index (χ1n) is 15.7. The SMILES string of the molecule is C#Cc1ccc(C(C(=O)Nc2ccc3ccccc3c2)N(C(=O)C(Cc2ccc(O)cc2)NC(=O)OC(C)(C)C)C(C)(C)CC)cc1. The van der Waals surface area contributed by atoms with E-state index in [9.17, 15) is 19.5 Å². The highest BCUT2D eigenvalue weighted by atomic mass is 16.6. The number of hydrogen-bond donors (Lipinski definition) is 3. The molecular formula is C39H43N3O5. The van der Waals surface area contributed by atoms with E-state index in [1.54, 1.807) is 62.1 Å². The van der Waals surface area contributed by atoms with Gasteiger partial charge in [0.1, 0.15) is 23.4 Å². The van der Waals surface area contributed by atoms with Crippen molar-refractivity contribution in [1.82, 2.24) is 10.2 Å². The third-order valence-electron chi connectivity index (χ3n) is 8.04. The number of rotatable bonds is 10. The maximum absolute atomic E-state index is 14.9. The summed E-state index contributed by atoms with van der Waals surface area (Å²) in [4.78, 5) is 44.0. The minimum Gasteiger partial charge on any atom is -0.508 e. The first-order valence-corrected chi connectivity index (χ1v) is 15.7. The van der Waals surface area contributed by atoms with Crippen LogP contribution in [0.25, 0.3) is 10.8 Å². The van der Waals surface area contributed by atoms with Gasteiger partial charge in [0, 0.05) is 23.2 Å². The molecule has 244 valence electrons. The number of ether oxygens (including phenoxy) is 1. The fourth-order valence-electron chi connectivity index (χ4n) is 5.29. The van der Waals surface area contributed by atoms with Crippen molar-refractivity contribution in [2.24, 2.45) is 0 Å². The summed E-state index contributed by atoms with van der Waals surface area (Å²) in [5.74, 6) is 1.77. The van der Waals surface area contributed by atoms with Gasteiger partial charge >= 0.3 is 6.09 Å². The predicted molar refractivity (Wildman–Crippen MR) is 186 cm³/mol. The van der Waals surface area contributed by atoms with Crippen LogP contribution >= 0.6 is 0 Å². The van der Waals surface area contributed by atoms with Crippen LogP contribution < -0.4 is 10.6 Å². The first-order chi connectivity index (χ1) is 22.2. The standard InChI is InChI=1S/C39H43N3O5/c1-8-26-14-18-29(19-15-26)34(35(44)40-31-21-20-28-12-10-11-13-30(28)25-31)42(39(6,7)9-2)36(45)33(41-37(46)47-38(3,4)5)24-27-16-22-32(43)23-17-27/h1,10-23,25,33-34,43H,9,24H2,2-7H3,(H,40,44)(H,41,46). The van der Waals surface area contributed by atoms with Gasteiger partial charge in [0.25, 0.3) is 5.91 Å². The van der Waals surface area contributed by atoms with E-state index in [1.165, 1.54) is 12.1 Å². The number of carbonyl (C=O) groups excluding carboxylic acids is 3. The highest BCUT2D eigenvalue weighted by Crippen LogP contribution is 2.34. The van der Waals surface area contributed by atoms with Crippen LogP contribution in [-0.4, -0.2) is 45.1 Å². The van der Waals surface area contributed by atoms with E-state index in [-0.39, 0.29) is 12.2 Å². The van der Waals surface area contributed by atoms with Gasteiger partial charge in [0.15, 0.2) is 0 Å². The Morgan fingerprint density at radius 3 is 2.13 bits per heavy atom. The number of benzene rings is 4. The Hall–Kier alpha value is -5.29. The highest BCUT2D eigenvalue weighted by Gasteiger charge is 2.43. The molecule has 4 rings (SSSR count). The van der Waals surface area contributed by atoms with Gasteiger partial charge in [-0.1, -0.05) is 67.4 Å². The number of alkyl carbamates (subject to hydrolysis) is 1. The van der Waals surface area contributed by atoms with E-state index in [0.717, 1.165) is 10.8 Å². The van der Waals surface area contributed by atoms with E-state index in [2.05, 4.69) is 16.6 Å². The molecule has 0 fully saturated rings. The lowest BCUT2D eigenvalue weighted by atomic mass is 9.90. The lowest BCUT2D eigenvalue weighted by Crippen LogP contribution is -2.59. The third-order valence-corrected chi connectivity index (χ3v) is 8.04. The van der Waals surface area contributed by atoms with Crippen molar-refractivity contribution in [3.05, 3.63) is 108 Å². The minimum atomic E-state index is -1.11. The van der Waals surface area contributed by atoms with Crippen LogP contribution in [0.1, 0.15) is 70.7 Å². The van der Waals surface area contributed by atoms with Crippen molar-refractivity contribution in [2.45, 2.75) is 77.6 Å². The van der Waals surface area contributed by atoms with Crippen LogP contribution in [0, 0.1) is 12.3 Å². The van der Waals surface area contributed by atoms with Crippen molar-refractivity contribution < 1.29 is 24.2 Å². The molecule has 47 heavy (non-hydrogen) atoms. The van der Waals surface area contributed by atoms with Crippen LogP contribution in [0.15, 0.2) is 91.0 Å². The summed E-state index contributed by atoms with van der Waals surface area (Å²) < 4.78 is 5.54. The number of carbonyl (C=O) groups is 3. The number of terminal acetylenes is 1. The largest absolute Gasteiger partial charge is 0.508 e. The van der Waals surface area contributed by atoms with Crippen LogP contribution in [0.4, 0.5) is 10.5 Å². The molecule has 8 heteroatoms. The molecular weight excluding hydrogens is 590 g/mol. The number of nitrogens with zero attached hydrogens (tertiary/aromatic N) is 1. The third kappa shape index (κ3) is 8.92. The molecule has 0 aliphatic heterocycles. The zero-order chi connectivity index (χ0) is 34.4. The van der Waals surface area contributed by atoms with Gasteiger partial charge in [-0.25, -0.2) is 4.79 Å². The van der Waals surface area contributed by atoms with E-state index in [4.69, 9.17) is 11.2 Å². The molecule has 3 amide bonds. The molecule has 2 atom stereocenters. The first kappa shape index (κ1) is 34.6. The number of hydrogen-bond acceptors (Lipinski definition) is 5. The molecule has 0 aromatic heterocycles. The van der Waals surface area contributed by atoms with Gasteiger partial charge in [-0.2, -0.15) is 0 Å². The Bertz CT molecular complexity index is 1770. The number of amides is 3. The molecule has 4 aromatic rings. The van der Waals surface area contributed by atoms with E-state index in [1.807, 2.05) is 63.2 Å². The molecule has 0 aliphatic rings. The Kier molecular flexibility index (Phi) is 10.6. The second kappa shape index (κ2) is 14.4. The average Bonchev–Trinajstić information content (AvgIpc) is 3.03. The van der Waals surface area contributed by atoms with Crippen molar-refractivity contribution >= 4 is 34.4 Å². The summed E-state index contributed by atoms with van der Waals surface area (Å²) in [7, 11) is 0. The van der Waals surface area contributed by atoms with Crippen molar-refractivity contribution in [3.8, 4) is 18.1 Å². The lowest BCUT2D eigenvalue weighted by molar-refractivity contribution is -0.147. The quantitative estimate of drug-likeness (QED) is 0.158. The van der Waals surface area contributed by atoms with Gasteiger partial charge in [-0.3, -0.25) is 9.59 Å². The molecule has 0 saturated heterocycles. The summed E-state index contributed by atoms with van der Waals surface area (Å²) >= 11 is 0. The molecule has 4 aromatic carbocycles. The number of fused-ring (bicyclic) bond motifs is 1. The number of aromatic hydroxyl groups is 1. The normalized spacial score (nSPS) is 12.8. The van der Waals surface area contributed by atoms with E-state index < -0.39 is 41.1 Å². The lowest BCUT2D eigenvalue weighted by Gasteiger charge is -2.44. The molecule has 3 N–H and O–H groups in total. The topological polar surface area (TPSA) is 108 Å². The Labute approximate surface area is 277 Å². The number of anilines is 1. The zero-order valence-corrected chi connectivity index (χ0v) is 27.8. The number of phenolic OH excluding ortho intramolecular Hbond substituents is 1. The summed E-state index contributed by atoms with van der Waals surface area (Å²) in [5.41, 5.74) is 0.801. The number of phenols is 1. The van der Waals surface area contributed by atoms with Crippen molar-refractivity contribution in [3.63, 3.8) is 0 Å². The zero-order valence-electron chi connectivity index (χ0n) is 27.8. The summed E-state index contributed by atoms with van der Waals surface area (Å²) in [6.07, 6.45) is 5.45. The van der Waals surface area contributed by atoms with Crippen molar-refractivity contribution in [1.29, 1.82) is 0 Å². The maximum Gasteiger partial charge on any atom is 0.408 e. The van der Waals surface area contributed by atoms with E-state index >= 15 is 0 Å². The van der Waals surface area contributed by atoms with Gasteiger partial charge in [-0.15, -0.1) is 6.42 Å². The average molecular weight is 634 g/mol. The minimum absolute atomic E-state index is 0.0753. The van der Waals surface area contributed by atoms with Gasteiger partial charge in [0.2, 0.25) is 5.91 Å². The van der Waals surface area contributed by atoms with Crippen LogP contribution in [0.5, 0.6) is 5.75 Å². The molecule has 0 aliphatic carbocycles. The molecule has 0 heterocycles. The summed E-state index contributed by atoms with van der Waals surface area (Å²) in [6.45, 7) is 10.9. The maximum atomic E-state index is 14.9. The fraction of sp³-hybridized carbons (Fsp3) is 0.308. The Morgan fingerprint density at radius 1 is 0.894 bits per heavy atom. The van der Waals surface area contributed by atoms with Gasteiger partial charge in [0.05, 0.1) is 0 Å². The van der Waals surface area contributed by atoms with Crippen LogP contribution in [0.3, 0.4) is 0 Å².